The highest BCUT2D eigenvalue weighted by molar-refractivity contribution is 9.10. The third-order valence-electron chi connectivity index (χ3n) is 6.44. The van der Waals surface area contributed by atoms with Crippen LogP contribution < -0.4 is 0 Å². The Morgan fingerprint density at radius 3 is 2.05 bits per heavy atom. The van der Waals surface area contributed by atoms with Crippen molar-refractivity contribution in [2.75, 3.05) is 0 Å². The predicted octanol–water partition coefficient (Wildman–Crippen LogP) is 6.56. The second-order valence-electron chi connectivity index (χ2n) is 8.10. The standard InChI is InChI=1S/C19H24BrCl/c1-11-4-17(20)12(2)3-16(11)18(21)19-8-13-5-14(9-19)7-15(6-13)10-19/h3-4,13-15,18H,5-10H2,1-2H3. The van der Waals surface area contributed by atoms with Crippen molar-refractivity contribution in [3.8, 4) is 0 Å². The van der Waals surface area contributed by atoms with Crippen molar-refractivity contribution in [3.63, 3.8) is 0 Å². The van der Waals surface area contributed by atoms with E-state index in [1.807, 2.05) is 0 Å². The van der Waals surface area contributed by atoms with Gasteiger partial charge in [0.05, 0.1) is 5.38 Å². The van der Waals surface area contributed by atoms with Gasteiger partial charge in [0.25, 0.3) is 0 Å². The maximum Gasteiger partial charge on any atom is 0.0644 e. The van der Waals surface area contributed by atoms with Crippen LogP contribution in [0, 0.1) is 37.0 Å². The van der Waals surface area contributed by atoms with Crippen molar-refractivity contribution in [1.82, 2.24) is 0 Å². The van der Waals surface area contributed by atoms with Gasteiger partial charge in [-0.05, 0) is 98.3 Å². The summed E-state index contributed by atoms with van der Waals surface area (Å²) in [6.07, 6.45) is 8.59. The third kappa shape index (κ3) is 2.30. The maximum atomic E-state index is 7.14. The van der Waals surface area contributed by atoms with Crippen molar-refractivity contribution in [2.24, 2.45) is 23.2 Å². The van der Waals surface area contributed by atoms with E-state index < -0.39 is 0 Å². The quantitative estimate of drug-likeness (QED) is 0.519. The van der Waals surface area contributed by atoms with Crippen LogP contribution in [0.2, 0.25) is 0 Å². The minimum absolute atomic E-state index is 0.206. The number of benzene rings is 1. The molecule has 0 N–H and O–H groups in total. The zero-order valence-electron chi connectivity index (χ0n) is 13.0. The van der Waals surface area contributed by atoms with Crippen LogP contribution in [0.1, 0.15) is 60.6 Å². The smallest absolute Gasteiger partial charge is 0.0644 e. The number of aryl methyl sites for hydroxylation is 2. The molecule has 1 aromatic rings. The van der Waals surface area contributed by atoms with E-state index in [0.29, 0.717) is 5.41 Å². The molecule has 2 heteroatoms. The van der Waals surface area contributed by atoms with Gasteiger partial charge in [-0.2, -0.15) is 0 Å². The first-order chi connectivity index (χ1) is 9.97. The van der Waals surface area contributed by atoms with Gasteiger partial charge in [0, 0.05) is 4.47 Å². The van der Waals surface area contributed by atoms with E-state index in [0.717, 1.165) is 17.8 Å². The Morgan fingerprint density at radius 1 is 1.00 bits per heavy atom. The van der Waals surface area contributed by atoms with E-state index in [-0.39, 0.29) is 5.38 Å². The van der Waals surface area contributed by atoms with E-state index in [1.54, 1.807) is 0 Å². The molecule has 0 amide bonds. The summed E-state index contributed by atoms with van der Waals surface area (Å²) >= 11 is 10.8. The summed E-state index contributed by atoms with van der Waals surface area (Å²) in [6, 6.07) is 4.58. The first kappa shape index (κ1) is 14.6. The molecule has 1 unspecified atom stereocenters. The Kier molecular flexibility index (Phi) is 3.47. The summed E-state index contributed by atoms with van der Waals surface area (Å²) in [7, 11) is 0. The van der Waals surface area contributed by atoms with Crippen molar-refractivity contribution in [3.05, 3.63) is 33.3 Å². The van der Waals surface area contributed by atoms with E-state index in [2.05, 4.69) is 41.9 Å². The molecule has 0 saturated heterocycles. The van der Waals surface area contributed by atoms with Gasteiger partial charge in [0.1, 0.15) is 0 Å². The van der Waals surface area contributed by atoms with E-state index >= 15 is 0 Å². The molecular weight excluding hydrogens is 344 g/mol. The van der Waals surface area contributed by atoms with Gasteiger partial charge >= 0.3 is 0 Å². The molecule has 0 aliphatic heterocycles. The van der Waals surface area contributed by atoms with Crippen LogP contribution in [0.4, 0.5) is 0 Å². The minimum Gasteiger partial charge on any atom is -0.117 e. The van der Waals surface area contributed by atoms with Crippen molar-refractivity contribution in [1.29, 1.82) is 0 Å². The monoisotopic (exact) mass is 366 g/mol. The Labute approximate surface area is 141 Å². The van der Waals surface area contributed by atoms with Crippen LogP contribution in [0.3, 0.4) is 0 Å². The average Bonchev–Trinajstić information content (AvgIpc) is 2.40. The number of hydrogen-bond donors (Lipinski definition) is 0. The first-order valence-electron chi connectivity index (χ1n) is 8.37. The molecule has 0 nitrogen and oxygen atoms in total. The summed E-state index contributed by atoms with van der Waals surface area (Å²) in [5.74, 6) is 2.90. The van der Waals surface area contributed by atoms with Crippen molar-refractivity contribution < 1.29 is 0 Å². The molecule has 0 aromatic heterocycles. The second-order valence-corrected chi connectivity index (χ2v) is 9.39. The van der Waals surface area contributed by atoms with Gasteiger partial charge in [-0.1, -0.05) is 22.0 Å². The molecule has 0 heterocycles. The number of halogens is 2. The van der Waals surface area contributed by atoms with Crippen LogP contribution >= 0.6 is 27.5 Å². The summed E-state index contributed by atoms with van der Waals surface area (Å²) in [4.78, 5) is 0. The average molecular weight is 368 g/mol. The molecule has 21 heavy (non-hydrogen) atoms. The second kappa shape index (κ2) is 4.99. The number of rotatable bonds is 2. The first-order valence-corrected chi connectivity index (χ1v) is 9.60. The largest absolute Gasteiger partial charge is 0.117 e. The molecule has 1 atom stereocenters. The molecule has 5 rings (SSSR count). The zero-order chi connectivity index (χ0) is 14.8. The lowest BCUT2D eigenvalue weighted by molar-refractivity contribution is -0.0552. The topological polar surface area (TPSA) is 0 Å². The lowest BCUT2D eigenvalue weighted by atomic mass is 9.48. The summed E-state index contributed by atoms with van der Waals surface area (Å²) in [5.41, 5.74) is 4.44. The molecule has 4 bridgehead atoms. The fraction of sp³-hybridized carbons (Fsp3) is 0.684. The van der Waals surface area contributed by atoms with Crippen molar-refractivity contribution >= 4 is 27.5 Å². The van der Waals surface area contributed by atoms with Gasteiger partial charge in [-0.3, -0.25) is 0 Å². The Bertz CT molecular complexity index is 542. The molecule has 4 saturated carbocycles. The Balaban J connectivity index is 1.71. The highest BCUT2D eigenvalue weighted by atomic mass is 79.9. The summed E-state index contributed by atoms with van der Waals surface area (Å²) in [6.45, 7) is 4.39. The highest BCUT2D eigenvalue weighted by Crippen LogP contribution is 2.65. The van der Waals surface area contributed by atoms with Gasteiger partial charge in [0.2, 0.25) is 0 Å². The van der Waals surface area contributed by atoms with E-state index in [9.17, 15) is 0 Å². The molecule has 114 valence electrons. The summed E-state index contributed by atoms with van der Waals surface area (Å²) < 4.78 is 1.21. The maximum absolute atomic E-state index is 7.14. The van der Waals surface area contributed by atoms with E-state index in [1.165, 1.54) is 59.7 Å². The molecular formula is C19H24BrCl. The van der Waals surface area contributed by atoms with Crippen molar-refractivity contribution in [2.45, 2.75) is 57.7 Å². The fourth-order valence-electron chi connectivity index (χ4n) is 5.89. The predicted molar refractivity (Wildman–Crippen MR) is 92.8 cm³/mol. The molecule has 4 aliphatic rings. The van der Waals surface area contributed by atoms with Crippen LogP contribution in [0.5, 0.6) is 0 Å². The number of hydrogen-bond acceptors (Lipinski definition) is 0. The highest BCUT2D eigenvalue weighted by Gasteiger charge is 2.54. The number of alkyl halides is 1. The van der Waals surface area contributed by atoms with Crippen LogP contribution in [0.25, 0.3) is 0 Å². The van der Waals surface area contributed by atoms with Crippen LogP contribution in [-0.4, -0.2) is 0 Å². The zero-order valence-corrected chi connectivity index (χ0v) is 15.3. The minimum atomic E-state index is 0.206. The van der Waals surface area contributed by atoms with Gasteiger partial charge in [-0.25, -0.2) is 0 Å². The fourth-order valence-corrected chi connectivity index (χ4v) is 6.85. The van der Waals surface area contributed by atoms with E-state index in [4.69, 9.17) is 11.6 Å². The third-order valence-corrected chi connectivity index (χ3v) is 8.00. The van der Waals surface area contributed by atoms with Gasteiger partial charge in [0.15, 0.2) is 0 Å². The SMILES string of the molecule is Cc1cc(C(Cl)C23CC4CC(CC(C4)C2)C3)c(C)cc1Br. The molecule has 0 radical (unpaired) electrons. The molecule has 4 fully saturated rings. The normalized spacial score (nSPS) is 38.8. The van der Waals surface area contributed by atoms with Gasteiger partial charge < -0.3 is 0 Å². The van der Waals surface area contributed by atoms with Gasteiger partial charge in [-0.15, -0.1) is 11.6 Å². The summed E-state index contributed by atoms with van der Waals surface area (Å²) in [5, 5.41) is 0.206. The molecule has 4 aliphatic carbocycles. The lowest BCUT2D eigenvalue weighted by Crippen LogP contribution is -2.48. The Morgan fingerprint density at radius 2 is 1.52 bits per heavy atom. The van der Waals surface area contributed by atoms with Crippen LogP contribution in [0.15, 0.2) is 16.6 Å². The Hall–Kier alpha value is -0.0100. The lowest BCUT2D eigenvalue weighted by Gasteiger charge is -2.58. The molecule has 0 spiro atoms. The molecule has 1 aromatic carbocycles. The van der Waals surface area contributed by atoms with Crippen LogP contribution in [-0.2, 0) is 0 Å².